The van der Waals surface area contributed by atoms with E-state index in [1.807, 2.05) is 0 Å². The van der Waals surface area contributed by atoms with Crippen molar-refractivity contribution in [3.63, 3.8) is 0 Å². The summed E-state index contributed by atoms with van der Waals surface area (Å²) >= 11 is 10.8. The monoisotopic (exact) mass is 197 g/mol. The highest BCUT2D eigenvalue weighted by molar-refractivity contribution is 6.71. The lowest BCUT2D eigenvalue weighted by Gasteiger charge is -2.24. The molecule has 0 amide bonds. The predicted molar refractivity (Wildman–Crippen MR) is 41.7 cm³/mol. The summed E-state index contributed by atoms with van der Waals surface area (Å²) in [7, 11) is 1.25. The Hall–Kier alpha value is -0.360. The minimum atomic E-state index is -1.89. The second kappa shape index (κ2) is 2.94. The zero-order valence-corrected chi connectivity index (χ0v) is 7.02. The average molecular weight is 198 g/mol. The predicted octanol–water partition coefficient (Wildman–Crippen LogP) is 0.0292. The molecule has 5 nitrogen and oxygen atoms in total. The van der Waals surface area contributed by atoms with E-state index in [0.29, 0.717) is 0 Å². The van der Waals surface area contributed by atoms with Crippen molar-refractivity contribution >= 4 is 33.8 Å². The van der Waals surface area contributed by atoms with Gasteiger partial charge in [0.2, 0.25) is 10.6 Å². The fourth-order valence-electron chi connectivity index (χ4n) is 0.518. The number of amidine groups is 2. The first-order valence-electron chi connectivity index (χ1n) is 2.61. The Labute approximate surface area is 72.7 Å². The number of halogens is 2. The molecule has 0 fully saturated rings. The fourth-order valence-corrected chi connectivity index (χ4v) is 0.963. The number of methoxy groups -OCH3 is 1. The molecule has 0 saturated carbocycles. The van der Waals surface area contributed by atoms with Gasteiger partial charge in [0.15, 0.2) is 0 Å². The van der Waals surface area contributed by atoms with Gasteiger partial charge in [-0.15, -0.1) is 0 Å². The molecule has 2 N–H and O–H groups in total. The number of hydrogen-bond acceptors (Lipinski definition) is 5. The van der Waals surface area contributed by atoms with Crippen molar-refractivity contribution in [2.75, 3.05) is 7.11 Å². The van der Waals surface area contributed by atoms with Crippen LogP contribution in [0, 0.1) is 0 Å². The lowest BCUT2D eigenvalue weighted by Crippen LogP contribution is -2.49. The first kappa shape index (κ1) is 8.73. The molecule has 0 saturated heterocycles. The third-order valence-electron chi connectivity index (χ3n) is 0.985. The highest BCUT2D eigenvalue weighted by Crippen LogP contribution is 2.11. The van der Waals surface area contributed by atoms with E-state index in [1.54, 1.807) is 0 Å². The maximum atomic E-state index is 9.25. The highest BCUT2D eigenvalue weighted by atomic mass is 35.5. The van der Waals surface area contributed by atoms with Crippen molar-refractivity contribution in [2.45, 2.75) is 6.03 Å². The number of rotatable bonds is 1. The van der Waals surface area contributed by atoms with Gasteiger partial charge in [0.25, 0.3) is 0 Å². The van der Waals surface area contributed by atoms with E-state index in [1.165, 1.54) is 7.11 Å². The Balaban J connectivity index is 2.86. The van der Waals surface area contributed by atoms with E-state index in [2.05, 4.69) is 20.0 Å². The summed E-state index contributed by atoms with van der Waals surface area (Å²) in [5.41, 5.74) is 0. The number of hydrogen-bond donors (Lipinski definition) is 2. The molecular weight excluding hydrogens is 193 g/mol. The second-order valence-electron chi connectivity index (χ2n) is 1.72. The number of nitrogens with zero attached hydrogens (tertiary/aromatic N) is 2. The van der Waals surface area contributed by atoms with Crippen LogP contribution >= 0.6 is 23.2 Å². The molecule has 0 aliphatic carbocycles. The summed E-state index contributed by atoms with van der Waals surface area (Å²) in [6.45, 7) is 0. The minimum Gasteiger partial charge on any atom is -0.329 e. The van der Waals surface area contributed by atoms with Gasteiger partial charge in [0.1, 0.15) is 0 Å². The summed E-state index contributed by atoms with van der Waals surface area (Å²) in [5.74, 6) is 0. The Bertz CT molecular complexity index is 229. The fraction of sp³-hybridized carbons (Fsp3) is 0.500. The zero-order valence-electron chi connectivity index (χ0n) is 5.51. The lowest BCUT2D eigenvalue weighted by atomic mass is 10.7. The Kier molecular flexibility index (Phi) is 2.34. The van der Waals surface area contributed by atoms with Crippen LogP contribution in [-0.2, 0) is 4.74 Å². The molecule has 0 bridgehead atoms. The van der Waals surface area contributed by atoms with Gasteiger partial charge in [-0.2, -0.15) is 9.98 Å². The number of ether oxygens (including phenoxy) is 1. The van der Waals surface area contributed by atoms with Crippen LogP contribution in [0.5, 0.6) is 0 Å². The average Bonchev–Trinajstić information content (AvgIpc) is 1.84. The number of aliphatic hydroxyl groups is 1. The van der Waals surface area contributed by atoms with Crippen LogP contribution in [0.15, 0.2) is 9.98 Å². The van der Waals surface area contributed by atoms with Crippen LogP contribution in [0.4, 0.5) is 0 Å². The maximum absolute atomic E-state index is 9.25. The SMILES string of the molecule is COC1(O)N=C(Cl)N=C(Cl)N1. The topological polar surface area (TPSA) is 66.2 Å². The summed E-state index contributed by atoms with van der Waals surface area (Å²) in [6.07, 6.45) is 0. The van der Waals surface area contributed by atoms with Gasteiger partial charge in [0, 0.05) is 7.11 Å². The molecule has 0 aromatic heterocycles. The normalized spacial score (nSPS) is 30.5. The van der Waals surface area contributed by atoms with Crippen molar-refractivity contribution in [1.29, 1.82) is 0 Å². The molecule has 62 valence electrons. The Morgan fingerprint density at radius 2 is 2.27 bits per heavy atom. The van der Waals surface area contributed by atoms with Crippen molar-refractivity contribution in [3.05, 3.63) is 0 Å². The van der Waals surface area contributed by atoms with Crippen LogP contribution in [0.2, 0.25) is 0 Å². The van der Waals surface area contributed by atoms with Crippen LogP contribution in [0.1, 0.15) is 0 Å². The van der Waals surface area contributed by atoms with Crippen LogP contribution in [-0.4, -0.2) is 28.8 Å². The third kappa shape index (κ3) is 2.03. The Morgan fingerprint density at radius 3 is 2.73 bits per heavy atom. The van der Waals surface area contributed by atoms with E-state index in [0.717, 1.165) is 0 Å². The summed E-state index contributed by atoms with van der Waals surface area (Å²) in [5, 5.41) is 11.3. The first-order chi connectivity index (χ1) is 5.06. The largest absolute Gasteiger partial charge is 0.360 e. The quantitative estimate of drug-likeness (QED) is 0.461. The van der Waals surface area contributed by atoms with E-state index in [-0.39, 0.29) is 10.6 Å². The minimum absolute atomic E-state index is 0.0747. The summed E-state index contributed by atoms with van der Waals surface area (Å²) in [6, 6.07) is -1.89. The van der Waals surface area contributed by atoms with Crippen LogP contribution < -0.4 is 5.32 Å². The van der Waals surface area contributed by atoms with Gasteiger partial charge < -0.3 is 9.84 Å². The van der Waals surface area contributed by atoms with E-state index in [9.17, 15) is 5.11 Å². The second-order valence-corrected chi connectivity index (χ2v) is 2.42. The molecule has 1 aliphatic heterocycles. The van der Waals surface area contributed by atoms with Gasteiger partial charge in [0.05, 0.1) is 0 Å². The lowest BCUT2D eigenvalue weighted by molar-refractivity contribution is -0.189. The molecule has 0 aromatic carbocycles. The third-order valence-corrected chi connectivity index (χ3v) is 1.33. The van der Waals surface area contributed by atoms with Gasteiger partial charge >= 0.3 is 6.03 Å². The molecule has 1 rings (SSSR count). The number of nitrogens with one attached hydrogen (secondary N) is 1. The van der Waals surface area contributed by atoms with E-state index < -0.39 is 6.03 Å². The number of aliphatic imine (C=N–C) groups is 2. The van der Waals surface area contributed by atoms with Crippen molar-refractivity contribution in [2.24, 2.45) is 9.98 Å². The molecule has 0 aromatic rings. The zero-order chi connectivity index (χ0) is 8.48. The van der Waals surface area contributed by atoms with Crippen molar-refractivity contribution < 1.29 is 9.84 Å². The van der Waals surface area contributed by atoms with Gasteiger partial charge in [-0.3, -0.25) is 5.32 Å². The molecule has 0 spiro atoms. The smallest absolute Gasteiger partial charge is 0.329 e. The summed E-state index contributed by atoms with van der Waals surface area (Å²) in [4.78, 5) is 6.89. The maximum Gasteiger partial charge on any atom is 0.360 e. The first-order valence-corrected chi connectivity index (χ1v) is 3.36. The summed E-state index contributed by atoms with van der Waals surface area (Å²) < 4.78 is 4.53. The van der Waals surface area contributed by atoms with Gasteiger partial charge in [-0.25, -0.2) is 0 Å². The Morgan fingerprint density at radius 1 is 1.64 bits per heavy atom. The molecule has 1 atom stereocenters. The van der Waals surface area contributed by atoms with Crippen LogP contribution in [0.25, 0.3) is 0 Å². The molecule has 1 unspecified atom stereocenters. The molecule has 11 heavy (non-hydrogen) atoms. The molecule has 1 heterocycles. The molecule has 7 heteroatoms. The van der Waals surface area contributed by atoms with Crippen molar-refractivity contribution in [1.82, 2.24) is 5.32 Å². The van der Waals surface area contributed by atoms with Gasteiger partial charge in [-0.05, 0) is 23.2 Å². The molecule has 1 aliphatic rings. The van der Waals surface area contributed by atoms with E-state index >= 15 is 0 Å². The molecule has 0 radical (unpaired) electrons. The van der Waals surface area contributed by atoms with E-state index in [4.69, 9.17) is 23.2 Å². The molecular formula is C4H5Cl2N3O2. The van der Waals surface area contributed by atoms with Crippen LogP contribution in [0.3, 0.4) is 0 Å². The standard InChI is InChI=1S/C4H5Cl2N3O2/c1-11-4(10)8-2(5)7-3(6)9-4/h10H,1H3,(H,7,8,9). The van der Waals surface area contributed by atoms with Crippen molar-refractivity contribution in [3.8, 4) is 0 Å². The highest BCUT2D eigenvalue weighted by Gasteiger charge is 2.30. The van der Waals surface area contributed by atoms with Gasteiger partial charge in [-0.1, -0.05) is 0 Å².